The Morgan fingerprint density at radius 2 is 1.93 bits per heavy atom. The summed E-state index contributed by atoms with van der Waals surface area (Å²) < 4.78 is 16.8. The number of hydrogen-bond donors (Lipinski definition) is 3. The van der Waals surface area contributed by atoms with E-state index in [-0.39, 0.29) is 16.9 Å². The van der Waals surface area contributed by atoms with Gasteiger partial charge < -0.3 is 29.5 Å². The summed E-state index contributed by atoms with van der Waals surface area (Å²) in [7, 11) is 0. The minimum absolute atomic E-state index is 0.0950. The lowest BCUT2D eigenvalue weighted by molar-refractivity contribution is 0.0322. The van der Waals surface area contributed by atoms with Gasteiger partial charge in [-0.3, -0.25) is 10.2 Å². The highest BCUT2D eigenvalue weighted by Gasteiger charge is 2.34. The van der Waals surface area contributed by atoms with Crippen LogP contribution in [-0.4, -0.2) is 61.0 Å². The number of aromatic nitrogens is 1. The number of morpholine rings is 1. The monoisotopic (exact) mass is 562 g/mol. The molecule has 6 rings (SSSR count). The third-order valence-electron chi connectivity index (χ3n) is 6.97. The summed E-state index contributed by atoms with van der Waals surface area (Å²) in [5.74, 6) is 1.98. The van der Waals surface area contributed by atoms with Gasteiger partial charge >= 0.3 is 6.03 Å². The smallest absolute Gasteiger partial charge is 0.324 e. The summed E-state index contributed by atoms with van der Waals surface area (Å²) in [5, 5.41) is 13.1. The SMILES string of the molecule is CC(C)(C)c1cc(NC(=O)Nc2ccc(C3=CN4c5ccc(OCCN6CCOCC6)cc5SC4N3)cc2)no1. The Kier molecular flexibility index (Phi) is 7.35. The van der Waals surface area contributed by atoms with E-state index in [9.17, 15) is 4.79 Å². The summed E-state index contributed by atoms with van der Waals surface area (Å²) in [5.41, 5.74) is 3.83. The van der Waals surface area contributed by atoms with Gasteiger partial charge in [0.25, 0.3) is 0 Å². The molecule has 1 aromatic heterocycles. The van der Waals surface area contributed by atoms with Gasteiger partial charge in [-0.1, -0.05) is 49.8 Å². The molecule has 3 aliphatic heterocycles. The lowest BCUT2D eigenvalue weighted by Crippen LogP contribution is -2.38. The Labute approximate surface area is 238 Å². The lowest BCUT2D eigenvalue weighted by Gasteiger charge is -2.26. The third kappa shape index (κ3) is 5.91. The number of fused-ring (bicyclic) bond motifs is 3. The molecule has 0 bridgehead atoms. The van der Waals surface area contributed by atoms with Gasteiger partial charge in [-0.2, -0.15) is 0 Å². The van der Waals surface area contributed by atoms with E-state index in [2.05, 4.69) is 49.2 Å². The average Bonchev–Trinajstić information content (AvgIpc) is 3.64. The van der Waals surface area contributed by atoms with Crippen LogP contribution in [0.4, 0.5) is 22.0 Å². The lowest BCUT2D eigenvalue weighted by atomic mass is 9.93. The largest absolute Gasteiger partial charge is 0.492 e. The van der Waals surface area contributed by atoms with Crippen LogP contribution in [0.2, 0.25) is 0 Å². The topological polar surface area (TPSA) is 104 Å². The zero-order valence-corrected chi connectivity index (χ0v) is 23.7. The number of nitrogens with one attached hydrogen (secondary N) is 3. The predicted octanol–water partition coefficient (Wildman–Crippen LogP) is 5.12. The molecule has 1 unspecified atom stereocenters. The number of urea groups is 1. The molecule has 0 radical (unpaired) electrons. The maximum Gasteiger partial charge on any atom is 0.324 e. The first-order chi connectivity index (χ1) is 19.3. The van der Waals surface area contributed by atoms with Crippen molar-refractivity contribution in [2.45, 2.75) is 36.6 Å². The van der Waals surface area contributed by atoms with Gasteiger partial charge in [0.05, 0.1) is 24.6 Å². The molecule has 1 saturated heterocycles. The number of anilines is 3. The van der Waals surface area contributed by atoms with Crippen molar-refractivity contribution in [3.63, 3.8) is 0 Å². The minimum Gasteiger partial charge on any atom is -0.492 e. The highest BCUT2D eigenvalue weighted by Crippen LogP contribution is 2.47. The molecule has 0 aliphatic carbocycles. The summed E-state index contributed by atoms with van der Waals surface area (Å²) in [6, 6.07) is 15.4. The molecule has 1 fully saturated rings. The first-order valence-corrected chi connectivity index (χ1v) is 14.4. The molecule has 210 valence electrons. The van der Waals surface area contributed by atoms with Gasteiger partial charge in [0.1, 0.15) is 18.1 Å². The van der Waals surface area contributed by atoms with E-state index in [0.717, 1.165) is 55.5 Å². The molecule has 3 N–H and O–H groups in total. The molecule has 0 spiro atoms. The second-order valence-corrected chi connectivity index (χ2v) is 12.1. The number of thioether (sulfide) groups is 1. The molecule has 40 heavy (non-hydrogen) atoms. The Bertz CT molecular complexity index is 1390. The summed E-state index contributed by atoms with van der Waals surface area (Å²) in [6.45, 7) is 11.2. The Balaban J connectivity index is 1.03. The molecular formula is C29H34N6O4S. The van der Waals surface area contributed by atoms with Gasteiger partial charge in [-0.05, 0) is 35.9 Å². The maximum absolute atomic E-state index is 12.4. The molecule has 3 aliphatic rings. The number of carbonyl (C=O) groups excluding carboxylic acids is 1. The summed E-state index contributed by atoms with van der Waals surface area (Å²) in [4.78, 5) is 18.2. The van der Waals surface area contributed by atoms with Crippen LogP contribution in [0.3, 0.4) is 0 Å². The summed E-state index contributed by atoms with van der Waals surface area (Å²) in [6.07, 6.45) is 2.13. The number of benzene rings is 2. The number of carbonyl (C=O) groups is 1. The molecule has 3 aromatic rings. The van der Waals surface area contributed by atoms with Crippen LogP contribution in [0.25, 0.3) is 5.70 Å². The highest BCUT2D eigenvalue weighted by molar-refractivity contribution is 8.00. The van der Waals surface area contributed by atoms with Gasteiger partial charge in [0.15, 0.2) is 11.3 Å². The molecule has 2 amide bonds. The van der Waals surface area contributed by atoms with E-state index in [1.807, 2.05) is 51.1 Å². The quantitative estimate of drug-likeness (QED) is 0.362. The van der Waals surface area contributed by atoms with Gasteiger partial charge in [0.2, 0.25) is 0 Å². The molecule has 10 nitrogen and oxygen atoms in total. The van der Waals surface area contributed by atoms with E-state index in [4.69, 9.17) is 14.0 Å². The Morgan fingerprint density at radius 1 is 1.12 bits per heavy atom. The molecule has 1 atom stereocenters. The van der Waals surface area contributed by atoms with E-state index < -0.39 is 0 Å². The van der Waals surface area contributed by atoms with Crippen LogP contribution in [0.5, 0.6) is 5.75 Å². The zero-order valence-electron chi connectivity index (χ0n) is 22.9. The van der Waals surface area contributed by atoms with E-state index in [1.54, 1.807) is 17.8 Å². The summed E-state index contributed by atoms with van der Waals surface area (Å²) >= 11 is 1.77. The molecule has 11 heteroatoms. The predicted molar refractivity (Wildman–Crippen MR) is 157 cm³/mol. The van der Waals surface area contributed by atoms with Crippen LogP contribution in [0, 0.1) is 0 Å². The maximum atomic E-state index is 12.4. The van der Waals surface area contributed by atoms with Crippen LogP contribution in [0.1, 0.15) is 32.1 Å². The number of hydrogen-bond acceptors (Lipinski definition) is 9. The second-order valence-electron chi connectivity index (χ2n) is 11.0. The molecular weight excluding hydrogens is 528 g/mol. The van der Waals surface area contributed by atoms with Gasteiger partial charge in [-0.25, -0.2) is 4.79 Å². The fraction of sp³-hybridized carbons (Fsp3) is 0.379. The second kappa shape index (κ2) is 11.1. The van der Waals surface area contributed by atoms with Crippen molar-refractivity contribution in [2.24, 2.45) is 0 Å². The minimum atomic E-state index is -0.377. The standard InChI is InChI=1S/C29H34N6O4S/c1-29(2,3)25-17-26(33-39-25)32-27(36)30-20-6-4-19(5-7-20)22-18-35-23-9-8-21(16-24(23)40-28(35)31-22)38-15-12-34-10-13-37-14-11-34/h4-9,16-18,28,31H,10-15H2,1-3H3,(H2,30,32,33,36). The van der Waals surface area contributed by atoms with E-state index in [0.29, 0.717) is 23.9 Å². The first-order valence-electron chi connectivity index (χ1n) is 13.5. The number of amides is 2. The van der Waals surface area contributed by atoms with Crippen LogP contribution >= 0.6 is 11.8 Å². The van der Waals surface area contributed by atoms with Crippen molar-refractivity contribution in [3.8, 4) is 5.75 Å². The fourth-order valence-corrected chi connectivity index (χ4v) is 5.91. The van der Waals surface area contributed by atoms with Crippen molar-refractivity contribution in [1.82, 2.24) is 15.4 Å². The van der Waals surface area contributed by atoms with Crippen molar-refractivity contribution < 1.29 is 18.8 Å². The van der Waals surface area contributed by atoms with Crippen molar-refractivity contribution in [1.29, 1.82) is 0 Å². The average molecular weight is 563 g/mol. The van der Waals surface area contributed by atoms with Crippen LogP contribution in [-0.2, 0) is 10.2 Å². The Morgan fingerprint density at radius 3 is 2.67 bits per heavy atom. The van der Waals surface area contributed by atoms with E-state index >= 15 is 0 Å². The molecule has 0 saturated carbocycles. The van der Waals surface area contributed by atoms with Crippen molar-refractivity contribution in [2.75, 3.05) is 55.0 Å². The van der Waals surface area contributed by atoms with E-state index in [1.165, 1.54) is 4.90 Å². The third-order valence-corrected chi connectivity index (χ3v) is 8.12. The van der Waals surface area contributed by atoms with Crippen LogP contribution in [0.15, 0.2) is 64.1 Å². The Hall–Kier alpha value is -3.67. The van der Waals surface area contributed by atoms with Crippen LogP contribution < -0.4 is 25.6 Å². The first kappa shape index (κ1) is 26.5. The zero-order chi connectivity index (χ0) is 27.7. The van der Waals surface area contributed by atoms with Crippen molar-refractivity contribution in [3.05, 3.63) is 66.1 Å². The number of rotatable bonds is 7. The van der Waals surface area contributed by atoms with Gasteiger partial charge in [-0.15, -0.1) is 0 Å². The molecule has 4 heterocycles. The van der Waals surface area contributed by atoms with Gasteiger partial charge in [0, 0.05) is 47.9 Å². The number of ether oxygens (including phenoxy) is 2. The molecule has 2 aromatic carbocycles. The number of nitrogens with zero attached hydrogens (tertiary/aromatic N) is 3. The fourth-order valence-electron chi connectivity index (χ4n) is 4.72. The highest BCUT2D eigenvalue weighted by atomic mass is 32.2. The van der Waals surface area contributed by atoms with Crippen molar-refractivity contribution >= 4 is 40.7 Å². The normalized spacial score (nSPS) is 18.5.